The highest BCUT2D eigenvalue weighted by Crippen LogP contribution is 2.18. The van der Waals surface area contributed by atoms with Crippen LogP contribution in [0.4, 0.5) is 0 Å². The van der Waals surface area contributed by atoms with E-state index in [-0.39, 0.29) is 19.2 Å². The third kappa shape index (κ3) is 4.47. The average Bonchev–Trinajstić information content (AvgIpc) is 2.41. The largest absolute Gasteiger partial charge is 0.463 e. The molecule has 1 aromatic carbocycles. The fourth-order valence-electron chi connectivity index (χ4n) is 1.49. The van der Waals surface area contributed by atoms with Gasteiger partial charge in [-0.15, -0.1) is 0 Å². The van der Waals surface area contributed by atoms with Gasteiger partial charge in [-0.3, -0.25) is 4.79 Å². The van der Waals surface area contributed by atoms with Crippen LogP contribution in [0.1, 0.15) is 25.8 Å². The van der Waals surface area contributed by atoms with Crippen LogP contribution in [0.25, 0.3) is 0 Å². The molecule has 0 radical (unpaired) electrons. The SMILES string of the molecule is CC[C@](CO)(COC(C)=O)OCc1ccccc1. The topological polar surface area (TPSA) is 55.8 Å². The van der Waals surface area contributed by atoms with Crippen molar-refractivity contribution >= 4 is 5.97 Å². The molecule has 1 N–H and O–H groups in total. The van der Waals surface area contributed by atoms with E-state index in [1.54, 1.807) is 0 Å². The Morgan fingerprint density at radius 2 is 2.00 bits per heavy atom. The molecule has 0 unspecified atom stereocenters. The van der Waals surface area contributed by atoms with Crippen molar-refractivity contribution in [2.45, 2.75) is 32.5 Å². The van der Waals surface area contributed by atoms with Gasteiger partial charge in [-0.2, -0.15) is 0 Å². The number of ether oxygens (including phenoxy) is 2. The molecule has 0 saturated carbocycles. The lowest BCUT2D eigenvalue weighted by Crippen LogP contribution is -2.41. The van der Waals surface area contributed by atoms with Gasteiger partial charge in [0.1, 0.15) is 12.2 Å². The highest BCUT2D eigenvalue weighted by Gasteiger charge is 2.30. The predicted molar refractivity (Wildman–Crippen MR) is 68.0 cm³/mol. The first kappa shape index (κ1) is 14.7. The minimum absolute atomic E-state index is 0.0716. The van der Waals surface area contributed by atoms with Crippen LogP contribution in [0, 0.1) is 0 Å². The van der Waals surface area contributed by atoms with Crippen LogP contribution in [0.15, 0.2) is 30.3 Å². The maximum Gasteiger partial charge on any atom is 0.302 e. The molecular formula is C14H20O4. The van der Waals surface area contributed by atoms with Gasteiger partial charge in [0.05, 0.1) is 13.2 Å². The second-order valence-electron chi connectivity index (χ2n) is 4.25. The highest BCUT2D eigenvalue weighted by molar-refractivity contribution is 5.65. The van der Waals surface area contributed by atoms with Crippen LogP contribution in [-0.4, -0.2) is 29.9 Å². The van der Waals surface area contributed by atoms with Gasteiger partial charge in [-0.1, -0.05) is 37.3 Å². The highest BCUT2D eigenvalue weighted by atomic mass is 16.6. The van der Waals surface area contributed by atoms with Crippen molar-refractivity contribution in [1.29, 1.82) is 0 Å². The lowest BCUT2D eigenvalue weighted by Gasteiger charge is -2.30. The third-order valence-electron chi connectivity index (χ3n) is 2.86. The van der Waals surface area contributed by atoms with Crippen molar-refractivity contribution in [1.82, 2.24) is 0 Å². The first-order chi connectivity index (χ1) is 8.62. The molecule has 0 aliphatic rings. The van der Waals surface area contributed by atoms with E-state index in [1.807, 2.05) is 37.3 Å². The molecular weight excluding hydrogens is 232 g/mol. The molecule has 0 bridgehead atoms. The van der Waals surface area contributed by atoms with Gasteiger partial charge in [0.25, 0.3) is 0 Å². The molecule has 100 valence electrons. The van der Waals surface area contributed by atoms with E-state index in [9.17, 15) is 9.90 Å². The molecule has 0 spiro atoms. The van der Waals surface area contributed by atoms with E-state index < -0.39 is 5.60 Å². The molecule has 4 heteroatoms. The van der Waals surface area contributed by atoms with Crippen LogP contribution in [0.2, 0.25) is 0 Å². The van der Waals surface area contributed by atoms with E-state index in [1.165, 1.54) is 6.92 Å². The third-order valence-corrected chi connectivity index (χ3v) is 2.86. The molecule has 1 rings (SSSR count). The van der Waals surface area contributed by atoms with Gasteiger partial charge in [0, 0.05) is 6.92 Å². The number of rotatable bonds is 7. The molecule has 0 fully saturated rings. The summed E-state index contributed by atoms with van der Waals surface area (Å²) in [4.78, 5) is 10.8. The van der Waals surface area contributed by atoms with Gasteiger partial charge in [0.2, 0.25) is 0 Å². The molecule has 0 aliphatic carbocycles. The Morgan fingerprint density at radius 3 is 2.50 bits per heavy atom. The van der Waals surface area contributed by atoms with Crippen molar-refractivity contribution in [3.05, 3.63) is 35.9 Å². The fourth-order valence-corrected chi connectivity index (χ4v) is 1.49. The van der Waals surface area contributed by atoms with Crippen molar-refractivity contribution in [3.63, 3.8) is 0 Å². The van der Waals surface area contributed by atoms with E-state index in [4.69, 9.17) is 9.47 Å². The molecule has 0 aliphatic heterocycles. The summed E-state index contributed by atoms with van der Waals surface area (Å²) in [5, 5.41) is 9.45. The van der Waals surface area contributed by atoms with Crippen LogP contribution < -0.4 is 0 Å². The molecule has 0 heterocycles. The fraction of sp³-hybridized carbons (Fsp3) is 0.500. The number of hydrogen-bond acceptors (Lipinski definition) is 4. The maximum absolute atomic E-state index is 10.8. The van der Waals surface area contributed by atoms with Crippen molar-refractivity contribution in [2.75, 3.05) is 13.2 Å². The number of benzene rings is 1. The smallest absolute Gasteiger partial charge is 0.302 e. The Balaban J connectivity index is 2.59. The number of esters is 1. The normalized spacial score (nSPS) is 13.9. The zero-order valence-electron chi connectivity index (χ0n) is 10.9. The van der Waals surface area contributed by atoms with E-state index in [0.717, 1.165) is 5.56 Å². The minimum Gasteiger partial charge on any atom is -0.463 e. The first-order valence-corrected chi connectivity index (χ1v) is 6.04. The van der Waals surface area contributed by atoms with Crippen molar-refractivity contribution in [2.24, 2.45) is 0 Å². The molecule has 0 aromatic heterocycles. The number of carbonyl (C=O) groups excluding carboxylic acids is 1. The summed E-state index contributed by atoms with van der Waals surface area (Å²) in [7, 11) is 0. The summed E-state index contributed by atoms with van der Waals surface area (Å²) in [5.74, 6) is -0.371. The summed E-state index contributed by atoms with van der Waals surface area (Å²) in [6, 6.07) is 9.68. The number of aliphatic hydroxyl groups excluding tert-OH is 1. The van der Waals surface area contributed by atoms with Crippen molar-refractivity contribution in [3.8, 4) is 0 Å². The summed E-state index contributed by atoms with van der Waals surface area (Å²) in [6.07, 6.45) is 0.573. The van der Waals surface area contributed by atoms with E-state index in [2.05, 4.69) is 0 Å². The van der Waals surface area contributed by atoms with Gasteiger partial charge >= 0.3 is 5.97 Å². The van der Waals surface area contributed by atoms with Gasteiger partial charge in [-0.05, 0) is 12.0 Å². The summed E-state index contributed by atoms with van der Waals surface area (Å²) in [5.41, 5.74) is 0.202. The Hall–Kier alpha value is -1.39. The van der Waals surface area contributed by atoms with Crippen molar-refractivity contribution < 1.29 is 19.4 Å². The Morgan fingerprint density at radius 1 is 1.33 bits per heavy atom. The Bertz CT molecular complexity index is 357. The van der Waals surface area contributed by atoms with E-state index >= 15 is 0 Å². The van der Waals surface area contributed by atoms with Crippen LogP contribution >= 0.6 is 0 Å². The van der Waals surface area contributed by atoms with Crippen LogP contribution in [0.3, 0.4) is 0 Å². The molecule has 1 atom stereocenters. The number of hydrogen-bond donors (Lipinski definition) is 1. The summed E-state index contributed by atoms with van der Waals surface area (Å²) in [6.45, 7) is 3.52. The molecule has 0 saturated heterocycles. The Labute approximate surface area is 108 Å². The number of aliphatic hydroxyl groups is 1. The average molecular weight is 252 g/mol. The molecule has 0 amide bonds. The monoisotopic (exact) mass is 252 g/mol. The molecule has 1 aromatic rings. The van der Waals surface area contributed by atoms with E-state index in [0.29, 0.717) is 13.0 Å². The zero-order valence-corrected chi connectivity index (χ0v) is 10.9. The molecule has 18 heavy (non-hydrogen) atoms. The lowest BCUT2D eigenvalue weighted by atomic mass is 10.0. The zero-order chi connectivity index (χ0) is 13.4. The second kappa shape index (κ2) is 7.13. The molecule has 4 nitrogen and oxygen atoms in total. The van der Waals surface area contributed by atoms with Crippen LogP contribution in [-0.2, 0) is 20.9 Å². The van der Waals surface area contributed by atoms with Crippen LogP contribution in [0.5, 0.6) is 0 Å². The summed E-state index contributed by atoms with van der Waals surface area (Å²) >= 11 is 0. The summed E-state index contributed by atoms with van der Waals surface area (Å²) < 4.78 is 10.7. The van der Waals surface area contributed by atoms with Gasteiger partial charge < -0.3 is 14.6 Å². The predicted octanol–water partition coefficient (Wildman–Crippen LogP) is 1.91. The first-order valence-electron chi connectivity index (χ1n) is 6.04. The quantitative estimate of drug-likeness (QED) is 0.753. The number of carbonyl (C=O) groups is 1. The maximum atomic E-state index is 10.8. The van der Waals surface area contributed by atoms with Gasteiger partial charge in [-0.25, -0.2) is 0 Å². The Kier molecular flexibility index (Phi) is 5.82. The van der Waals surface area contributed by atoms with Gasteiger partial charge in [0.15, 0.2) is 0 Å². The lowest BCUT2D eigenvalue weighted by molar-refractivity contribution is -0.161. The standard InChI is InChI=1S/C14H20O4/c1-3-14(10-15,11-17-12(2)16)18-9-13-7-5-4-6-8-13/h4-8,15H,3,9-11H2,1-2H3/t14-/m0/s1. The minimum atomic E-state index is -0.818. The second-order valence-corrected chi connectivity index (χ2v) is 4.25.